The molecule has 0 nitrogen and oxygen atoms in total. The molecule has 3 rings (SSSR count). The minimum absolute atomic E-state index is 0.0804. The van der Waals surface area contributed by atoms with Crippen LogP contribution >= 0.6 is 23.5 Å². The zero-order chi connectivity index (χ0) is 10.3. The van der Waals surface area contributed by atoms with Gasteiger partial charge in [-0.15, -0.1) is 23.5 Å². The summed E-state index contributed by atoms with van der Waals surface area (Å²) in [5.74, 6) is 2.34. The second-order valence-electron chi connectivity index (χ2n) is 4.10. The molecule has 3 heteroatoms. The maximum atomic E-state index is 13.3. The van der Waals surface area contributed by atoms with Crippen molar-refractivity contribution in [3.05, 3.63) is 35.1 Å². The average Bonchev–Trinajstić information content (AvgIpc) is 2.69. The number of fused-ring (bicyclic) bond motifs is 2. The molecule has 1 aromatic carbocycles. The minimum Gasteiger partial charge on any atom is -0.207 e. The Morgan fingerprint density at radius 2 is 2.00 bits per heavy atom. The monoisotopic (exact) mass is 240 g/mol. The standard InChI is InChI=1S/C12H13FS2/c13-10-4-3-9-2-1-5-12(11(9)8-10)14-6-7-15-12/h3-4,8H,1-2,5-7H2. The van der Waals surface area contributed by atoms with E-state index in [1.165, 1.54) is 35.5 Å². The SMILES string of the molecule is Fc1ccc2c(c1)C1(CCC2)SCCS1. The Morgan fingerprint density at radius 1 is 1.20 bits per heavy atom. The number of aryl methyl sites for hydroxylation is 1. The molecular formula is C12H13FS2. The van der Waals surface area contributed by atoms with Gasteiger partial charge in [0.25, 0.3) is 0 Å². The van der Waals surface area contributed by atoms with Gasteiger partial charge in [-0.25, -0.2) is 4.39 Å². The molecule has 0 amide bonds. The van der Waals surface area contributed by atoms with E-state index in [2.05, 4.69) is 0 Å². The lowest BCUT2D eigenvalue weighted by molar-refractivity contribution is 0.603. The Kier molecular flexibility index (Phi) is 2.48. The maximum absolute atomic E-state index is 13.3. The van der Waals surface area contributed by atoms with Crippen molar-refractivity contribution >= 4 is 23.5 Å². The highest BCUT2D eigenvalue weighted by atomic mass is 32.2. The maximum Gasteiger partial charge on any atom is 0.123 e. The Labute approximate surface area is 98.0 Å². The Morgan fingerprint density at radius 3 is 2.80 bits per heavy atom. The van der Waals surface area contributed by atoms with Crippen molar-refractivity contribution in [2.75, 3.05) is 11.5 Å². The van der Waals surface area contributed by atoms with Gasteiger partial charge in [-0.05, 0) is 42.5 Å². The van der Waals surface area contributed by atoms with Gasteiger partial charge in [-0.2, -0.15) is 0 Å². The molecule has 2 aliphatic rings. The van der Waals surface area contributed by atoms with Gasteiger partial charge in [0.2, 0.25) is 0 Å². The molecule has 0 radical (unpaired) electrons. The molecule has 80 valence electrons. The first-order chi connectivity index (χ1) is 7.30. The predicted molar refractivity (Wildman–Crippen MR) is 65.9 cm³/mol. The lowest BCUT2D eigenvalue weighted by Crippen LogP contribution is -2.21. The van der Waals surface area contributed by atoms with Crippen LogP contribution in [0.15, 0.2) is 18.2 Å². The van der Waals surface area contributed by atoms with E-state index < -0.39 is 0 Å². The number of benzene rings is 1. The number of thioether (sulfide) groups is 2. The van der Waals surface area contributed by atoms with E-state index in [4.69, 9.17) is 0 Å². The first kappa shape index (κ1) is 10.0. The fourth-order valence-corrected chi connectivity index (χ4v) is 5.95. The zero-order valence-electron chi connectivity index (χ0n) is 8.46. The summed E-state index contributed by atoms with van der Waals surface area (Å²) in [7, 11) is 0. The molecular weight excluding hydrogens is 227 g/mol. The third-order valence-corrected chi connectivity index (χ3v) is 6.75. The van der Waals surface area contributed by atoms with E-state index in [0.717, 1.165) is 6.42 Å². The van der Waals surface area contributed by atoms with Crippen LogP contribution in [0.5, 0.6) is 0 Å². The molecule has 1 aliphatic carbocycles. The molecule has 15 heavy (non-hydrogen) atoms. The van der Waals surface area contributed by atoms with Crippen molar-refractivity contribution in [1.82, 2.24) is 0 Å². The first-order valence-corrected chi connectivity index (χ1v) is 7.34. The molecule has 1 aliphatic heterocycles. The summed E-state index contributed by atoms with van der Waals surface area (Å²) in [5, 5.41) is 0. The minimum atomic E-state index is -0.0804. The largest absolute Gasteiger partial charge is 0.207 e. The predicted octanol–water partition coefficient (Wildman–Crippen LogP) is 3.79. The molecule has 0 unspecified atom stereocenters. The Hall–Kier alpha value is -0.150. The van der Waals surface area contributed by atoms with Gasteiger partial charge >= 0.3 is 0 Å². The summed E-state index contributed by atoms with van der Waals surface area (Å²) in [4.78, 5) is 0. The van der Waals surface area contributed by atoms with Crippen LogP contribution in [0.2, 0.25) is 0 Å². The molecule has 1 spiro atoms. The van der Waals surface area contributed by atoms with Crippen LogP contribution in [0.4, 0.5) is 4.39 Å². The lowest BCUT2D eigenvalue weighted by atomic mass is 9.91. The highest BCUT2D eigenvalue weighted by Crippen LogP contribution is 2.57. The average molecular weight is 240 g/mol. The molecule has 0 atom stereocenters. The van der Waals surface area contributed by atoms with Gasteiger partial charge in [0.1, 0.15) is 5.82 Å². The number of hydrogen-bond donors (Lipinski definition) is 0. The van der Waals surface area contributed by atoms with Crippen molar-refractivity contribution in [2.45, 2.75) is 23.3 Å². The molecule has 1 heterocycles. The second-order valence-corrected chi connectivity index (χ2v) is 7.15. The Bertz CT molecular complexity index is 383. The smallest absolute Gasteiger partial charge is 0.123 e. The van der Waals surface area contributed by atoms with E-state index in [9.17, 15) is 4.39 Å². The number of hydrogen-bond acceptors (Lipinski definition) is 2. The highest BCUT2D eigenvalue weighted by Gasteiger charge is 2.40. The van der Waals surface area contributed by atoms with Gasteiger partial charge in [0, 0.05) is 11.5 Å². The van der Waals surface area contributed by atoms with Crippen LogP contribution in [-0.2, 0) is 10.5 Å². The van der Waals surface area contributed by atoms with Crippen molar-refractivity contribution in [1.29, 1.82) is 0 Å². The van der Waals surface area contributed by atoms with Gasteiger partial charge in [0.15, 0.2) is 0 Å². The summed E-state index contributed by atoms with van der Waals surface area (Å²) in [5.41, 5.74) is 2.63. The van der Waals surface area contributed by atoms with Crippen molar-refractivity contribution in [3.63, 3.8) is 0 Å². The van der Waals surface area contributed by atoms with Crippen molar-refractivity contribution < 1.29 is 4.39 Å². The van der Waals surface area contributed by atoms with Gasteiger partial charge in [0.05, 0.1) is 4.08 Å². The Balaban J connectivity index is 2.12. The molecule has 0 aromatic heterocycles. The van der Waals surface area contributed by atoms with E-state index in [1.54, 1.807) is 12.1 Å². The molecule has 1 aromatic rings. The first-order valence-electron chi connectivity index (χ1n) is 5.37. The van der Waals surface area contributed by atoms with Gasteiger partial charge in [-0.1, -0.05) is 6.07 Å². The molecule has 1 fully saturated rings. The van der Waals surface area contributed by atoms with Crippen LogP contribution in [-0.4, -0.2) is 11.5 Å². The summed E-state index contributed by atoms with van der Waals surface area (Å²) in [6.45, 7) is 0. The highest BCUT2D eigenvalue weighted by molar-refractivity contribution is 8.20. The topological polar surface area (TPSA) is 0 Å². The fraction of sp³-hybridized carbons (Fsp3) is 0.500. The third-order valence-electron chi connectivity index (χ3n) is 3.19. The van der Waals surface area contributed by atoms with Gasteiger partial charge < -0.3 is 0 Å². The van der Waals surface area contributed by atoms with Crippen LogP contribution in [0, 0.1) is 5.82 Å². The van der Waals surface area contributed by atoms with Crippen molar-refractivity contribution in [3.8, 4) is 0 Å². The van der Waals surface area contributed by atoms with Crippen LogP contribution in [0.3, 0.4) is 0 Å². The molecule has 1 saturated heterocycles. The summed E-state index contributed by atoms with van der Waals surface area (Å²) >= 11 is 4.03. The van der Waals surface area contributed by atoms with E-state index in [1.807, 2.05) is 29.6 Å². The molecule has 0 saturated carbocycles. The lowest BCUT2D eigenvalue weighted by Gasteiger charge is -2.34. The normalized spacial score (nSPS) is 23.0. The molecule has 0 bridgehead atoms. The van der Waals surface area contributed by atoms with E-state index >= 15 is 0 Å². The van der Waals surface area contributed by atoms with E-state index in [0.29, 0.717) is 0 Å². The van der Waals surface area contributed by atoms with Crippen molar-refractivity contribution in [2.24, 2.45) is 0 Å². The van der Waals surface area contributed by atoms with Crippen LogP contribution < -0.4 is 0 Å². The second kappa shape index (κ2) is 3.70. The van der Waals surface area contributed by atoms with Crippen LogP contribution in [0.1, 0.15) is 24.0 Å². The summed E-state index contributed by atoms with van der Waals surface area (Å²) in [6.07, 6.45) is 3.58. The quantitative estimate of drug-likeness (QED) is 0.676. The zero-order valence-corrected chi connectivity index (χ0v) is 10.1. The molecule has 0 N–H and O–H groups in total. The fourth-order valence-electron chi connectivity index (χ4n) is 2.52. The summed E-state index contributed by atoms with van der Waals surface area (Å²) in [6, 6.07) is 5.34. The number of rotatable bonds is 0. The van der Waals surface area contributed by atoms with Crippen LogP contribution in [0.25, 0.3) is 0 Å². The van der Waals surface area contributed by atoms with E-state index in [-0.39, 0.29) is 9.90 Å². The summed E-state index contributed by atoms with van der Waals surface area (Å²) < 4.78 is 13.5. The van der Waals surface area contributed by atoms with Gasteiger partial charge in [-0.3, -0.25) is 0 Å². The number of halogens is 1. The third kappa shape index (κ3) is 1.60.